The Bertz CT molecular complexity index is 380. The molecule has 0 saturated carbocycles. The average molecular weight is 174 g/mol. The highest BCUT2D eigenvalue weighted by Crippen LogP contribution is 2.13. The van der Waals surface area contributed by atoms with E-state index in [1.165, 1.54) is 0 Å². The first kappa shape index (κ1) is 7.91. The molecular formula is C9H10N4. The smallest absolute Gasteiger partial charge is 0.0961 e. The van der Waals surface area contributed by atoms with Gasteiger partial charge in [0.15, 0.2) is 0 Å². The van der Waals surface area contributed by atoms with Crippen molar-refractivity contribution in [3.63, 3.8) is 0 Å². The summed E-state index contributed by atoms with van der Waals surface area (Å²) in [7, 11) is 0. The van der Waals surface area contributed by atoms with Gasteiger partial charge < -0.3 is 0 Å². The average Bonchev–Trinajstić information content (AvgIpc) is 2.67. The van der Waals surface area contributed by atoms with Gasteiger partial charge in [-0.05, 0) is 19.1 Å². The van der Waals surface area contributed by atoms with Crippen LogP contribution in [0.3, 0.4) is 0 Å². The number of aromatic nitrogens is 4. The Balaban J connectivity index is 2.36. The number of rotatable bonds is 2. The molecule has 66 valence electrons. The summed E-state index contributed by atoms with van der Waals surface area (Å²) in [4.78, 5) is 0. The van der Waals surface area contributed by atoms with Gasteiger partial charge in [0.05, 0.1) is 11.9 Å². The third-order valence-electron chi connectivity index (χ3n) is 1.83. The maximum Gasteiger partial charge on any atom is 0.0961 e. The predicted octanol–water partition coefficient (Wildman–Crippen LogP) is 1.36. The summed E-state index contributed by atoms with van der Waals surface area (Å²) in [5.41, 5.74) is 1.87. The lowest BCUT2D eigenvalue weighted by Crippen LogP contribution is -1.92. The highest BCUT2D eigenvalue weighted by atomic mass is 15.3. The standard InChI is InChI=1S/C9H10N4/c1-2-13-7-8(6-11-13)9-4-3-5-10-12-9/h3-7H,2H2,1H3. The second-order valence-electron chi connectivity index (χ2n) is 2.69. The zero-order valence-electron chi connectivity index (χ0n) is 7.38. The van der Waals surface area contributed by atoms with Gasteiger partial charge in [-0.1, -0.05) is 0 Å². The summed E-state index contributed by atoms with van der Waals surface area (Å²) in [5.74, 6) is 0. The van der Waals surface area contributed by atoms with Gasteiger partial charge in [0.1, 0.15) is 0 Å². The molecule has 0 radical (unpaired) electrons. The second kappa shape index (κ2) is 3.35. The van der Waals surface area contributed by atoms with Gasteiger partial charge in [-0.3, -0.25) is 4.68 Å². The first-order valence-corrected chi connectivity index (χ1v) is 4.20. The van der Waals surface area contributed by atoms with Crippen LogP contribution >= 0.6 is 0 Å². The van der Waals surface area contributed by atoms with Crippen molar-refractivity contribution >= 4 is 0 Å². The minimum absolute atomic E-state index is 0.863. The third kappa shape index (κ3) is 1.56. The Kier molecular flexibility index (Phi) is 2.04. The summed E-state index contributed by atoms with van der Waals surface area (Å²) in [6, 6.07) is 3.79. The van der Waals surface area contributed by atoms with Gasteiger partial charge >= 0.3 is 0 Å². The van der Waals surface area contributed by atoms with Gasteiger partial charge in [0, 0.05) is 24.5 Å². The molecule has 0 fully saturated rings. The van der Waals surface area contributed by atoms with Crippen LogP contribution in [0, 0.1) is 0 Å². The highest BCUT2D eigenvalue weighted by molar-refractivity contribution is 5.55. The SMILES string of the molecule is CCn1cc(-c2cccnn2)cn1. The van der Waals surface area contributed by atoms with Crippen molar-refractivity contribution < 1.29 is 0 Å². The molecule has 0 unspecified atom stereocenters. The van der Waals surface area contributed by atoms with Crippen LogP contribution in [0.25, 0.3) is 11.3 Å². The minimum Gasteiger partial charge on any atom is -0.272 e. The summed E-state index contributed by atoms with van der Waals surface area (Å²) < 4.78 is 1.87. The Morgan fingerprint density at radius 1 is 1.46 bits per heavy atom. The van der Waals surface area contributed by atoms with Crippen molar-refractivity contribution in [2.45, 2.75) is 13.5 Å². The van der Waals surface area contributed by atoms with Crippen LogP contribution in [-0.4, -0.2) is 20.0 Å². The number of nitrogens with zero attached hydrogens (tertiary/aromatic N) is 4. The second-order valence-corrected chi connectivity index (χ2v) is 2.69. The molecule has 0 spiro atoms. The first-order chi connectivity index (χ1) is 6.40. The van der Waals surface area contributed by atoms with E-state index in [4.69, 9.17) is 0 Å². The molecule has 0 atom stereocenters. The maximum atomic E-state index is 4.16. The van der Waals surface area contributed by atoms with Crippen LogP contribution in [-0.2, 0) is 6.54 Å². The van der Waals surface area contributed by atoms with Gasteiger partial charge in [0.2, 0.25) is 0 Å². The van der Waals surface area contributed by atoms with E-state index >= 15 is 0 Å². The molecule has 13 heavy (non-hydrogen) atoms. The molecule has 2 aromatic rings. The monoisotopic (exact) mass is 174 g/mol. The van der Waals surface area contributed by atoms with Crippen molar-refractivity contribution in [2.75, 3.05) is 0 Å². The fraction of sp³-hybridized carbons (Fsp3) is 0.222. The Morgan fingerprint density at radius 2 is 2.38 bits per heavy atom. The van der Waals surface area contributed by atoms with Crippen molar-refractivity contribution in [1.29, 1.82) is 0 Å². The normalized spacial score (nSPS) is 10.2. The topological polar surface area (TPSA) is 43.6 Å². The summed E-state index contributed by atoms with van der Waals surface area (Å²) in [5, 5.41) is 12.0. The molecule has 0 aromatic carbocycles. The molecular weight excluding hydrogens is 164 g/mol. The van der Waals surface area contributed by atoms with Crippen molar-refractivity contribution in [3.05, 3.63) is 30.7 Å². The van der Waals surface area contributed by atoms with Gasteiger partial charge in [0.25, 0.3) is 0 Å². The third-order valence-corrected chi connectivity index (χ3v) is 1.83. The molecule has 0 aliphatic rings. The molecule has 0 aliphatic heterocycles. The quantitative estimate of drug-likeness (QED) is 0.690. The van der Waals surface area contributed by atoms with Crippen LogP contribution in [0.1, 0.15) is 6.92 Å². The number of hydrogen-bond donors (Lipinski definition) is 0. The number of hydrogen-bond acceptors (Lipinski definition) is 3. The molecule has 0 amide bonds. The molecule has 2 aromatic heterocycles. The van der Waals surface area contributed by atoms with E-state index in [2.05, 4.69) is 15.3 Å². The zero-order valence-corrected chi connectivity index (χ0v) is 7.38. The molecule has 0 saturated heterocycles. The fourth-order valence-electron chi connectivity index (χ4n) is 1.12. The van der Waals surface area contributed by atoms with Crippen molar-refractivity contribution in [1.82, 2.24) is 20.0 Å². The summed E-state index contributed by atoms with van der Waals surface area (Å²) in [6.07, 6.45) is 5.42. The van der Waals surface area contributed by atoms with E-state index in [9.17, 15) is 0 Å². The van der Waals surface area contributed by atoms with Crippen LogP contribution in [0.5, 0.6) is 0 Å². The van der Waals surface area contributed by atoms with E-state index in [-0.39, 0.29) is 0 Å². The lowest BCUT2D eigenvalue weighted by Gasteiger charge is -1.92. The minimum atomic E-state index is 0.863. The van der Waals surface area contributed by atoms with Crippen molar-refractivity contribution in [2.24, 2.45) is 0 Å². The van der Waals surface area contributed by atoms with Crippen LogP contribution in [0.15, 0.2) is 30.7 Å². The summed E-state index contributed by atoms with van der Waals surface area (Å²) in [6.45, 7) is 2.92. The largest absolute Gasteiger partial charge is 0.272 e. The van der Waals surface area contributed by atoms with E-state index in [1.54, 1.807) is 12.4 Å². The molecule has 2 rings (SSSR count). The van der Waals surface area contributed by atoms with E-state index in [0.717, 1.165) is 17.8 Å². The Labute approximate surface area is 76.2 Å². The highest BCUT2D eigenvalue weighted by Gasteiger charge is 2.00. The van der Waals surface area contributed by atoms with E-state index in [0.29, 0.717) is 0 Å². The zero-order chi connectivity index (χ0) is 9.10. The lowest BCUT2D eigenvalue weighted by molar-refractivity contribution is 0.660. The lowest BCUT2D eigenvalue weighted by atomic mass is 10.2. The van der Waals surface area contributed by atoms with Crippen LogP contribution in [0.4, 0.5) is 0 Å². The molecule has 0 aliphatic carbocycles. The van der Waals surface area contributed by atoms with Crippen molar-refractivity contribution in [3.8, 4) is 11.3 Å². The van der Waals surface area contributed by atoms with E-state index < -0.39 is 0 Å². The Morgan fingerprint density at radius 3 is 3.00 bits per heavy atom. The van der Waals surface area contributed by atoms with E-state index in [1.807, 2.05) is 29.9 Å². The maximum absolute atomic E-state index is 4.16. The first-order valence-electron chi connectivity index (χ1n) is 4.20. The fourth-order valence-corrected chi connectivity index (χ4v) is 1.12. The van der Waals surface area contributed by atoms with Gasteiger partial charge in [-0.25, -0.2) is 0 Å². The Hall–Kier alpha value is -1.71. The predicted molar refractivity (Wildman–Crippen MR) is 48.9 cm³/mol. The van der Waals surface area contributed by atoms with Crippen LogP contribution in [0.2, 0.25) is 0 Å². The molecule has 2 heterocycles. The molecule has 0 N–H and O–H groups in total. The molecule has 0 bridgehead atoms. The summed E-state index contributed by atoms with van der Waals surface area (Å²) >= 11 is 0. The van der Waals surface area contributed by atoms with Gasteiger partial charge in [-0.2, -0.15) is 15.3 Å². The van der Waals surface area contributed by atoms with Gasteiger partial charge in [-0.15, -0.1) is 0 Å². The molecule has 4 nitrogen and oxygen atoms in total. The number of aryl methyl sites for hydroxylation is 1. The molecule has 4 heteroatoms. The van der Waals surface area contributed by atoms with Crippen LogP contribution < -0.4 is 0 Å².